The highest BCUT2D eigenvalue weighted by atomic mass is 35.5. The number of morpholine rings is 1. The summed E-state index contributed by atoms with van der Waals surface area (Å²) in [6.07, 6.45) is 0.361. The fraction of sp³-hybridized carbons (Fsp3) is 0.250. The van der Waals surface area contributed by atoms with Crippen molar-refractivity contribution in [3.8, 4) is 22.8 Å². The van der Waals surface area contributed by atoms with Crippen molar-refractivity contribution in [1.82, 2.24) is 20.5 Å². The molecule has 1 amide bonds. The van der Waals surface area contributed by atoms with Gasteiger partial charge in [-0.25, -0.2) is 4.98 Å². The van der Waals surface area contributed by atoms with Gasteiger partial charge in [0.05, 0.1) is 18.9 Å². The van der Waals surface area contributed by atoms with Crippen molar-refractivity contribution < 1.29 is 9.53 Å². The summed E-state index contributed by atoms with van der Waals surface area (Å²) in [5, 5.41) is 13.5. The third kappa shape index (κ3) is 4.75. The zero-order valence-electron chi connectivity index (χ0n) is 15.2. The van der Waals surface area contributed by atoms with Crippen LogP contribution in [0.4, 0.5) is 5.69 Å². The highest BCUT2D eigenvalue weighted by Crippen LogP contribution is 2.27. The molecule has 1 aliphatic heterocycles. The number of aromatic amines is 1. The largest absolute Gasteiger partial charge is 0.378 e. The van der Waals surface area contributed by atoms with Crippen molar-refractivity contribution in [2.75, 3.05) is 25.1 Å². The molecule has 1 saturated heterocycles. The number of halogens is 1. The van der Waals surface area contributed by atoms with E-state index in [0.717, 1.165) is 17.7 Å². The molecule has 4 rings (SSSR count). The van der Waals surface area contributed by atoms with E-state index < -0.39 is 0 Å². The summed E-state index contributed by atoms with van der Waals surface area (Å²) < 4.78 is 5.41. The van der Waals surface area contributed by atoms with Crippen LogP contribution in [-0.2, 0) is 9.53 Å². The second kappa shape index (κ2) is 9.45. The van der Waals surface area contributed by atoms with Gasteiger partial charge in [-0.3, -0.25) is 9.89 Å². The molecule has 0 saturated carbocycles. The topological polar surface area (TPSA) is 91.9 Å². The number of anilines is 1. The molecule has 1 fully saturated rings. The zero-order valence-corrected chi connectivity index (χ0v) is 16.0. The Morgan fingerprint density at radius 2 is 1.93 bits per heavy atom. The van der Waals surface area contributed by atoms with Gasteiger partial charge < -0.3 is 15.4 Å². The van der Waals surface area contributed by atoms with Gasteiger partial charge in [0.25, 0.3) is 0 Å². The second-order valence-corrected chi connectivity index (χ2v) is 6.40. The Labute approximate surface area is 169 Å². The third-order valence-electron chi connectivity index (χ3n) is 4.40. The summed E-state index contributed by atoms with van der Waals surface area (Å²) in [4.78, 5) is 17.0. The fourth-order valence-electron chi connectivity index (χ4n) is 3.07. The van der Waals surface area contributed by atoms with Crippen molar-refractivity contribution in [2.24, 2.45) is 0 Å². The number of nitrogens with zero attached hydrogens (tertiary/aromatic N) is 2. The van der Waals surface area contributed by atoms with Crippen LogP contribution in [0.1, 0.15) is 6.42 Å². The maximum absolute atomic E-state index is 12.4. The predicted molar refractivity (Wildman–Crippen MR) is 110 cm³/mol. The minimum Gasteiger partial charge on any atom is -0.378 e. The molecule has 1 atom stereocenters. The predicted octanol–water partition coefficient (Wildman–Crippen LogP) is 2.88. The molecule has 8 heteroatoms. The van der Waals surface area contributed by atoms with E-state index in [1.165, 1.54) is 0 Å². The lowest BCUT2D eigenvalue weighted by Crippen LogP contribution is -2.43. The van der Waals surface area contributed by atoms with Gasteiger partial charge >= 0.3 is 0 Å². The molecule has 3 aromatic rings. The van der Waals surface area contributed by atoms with Crippen LogP contribution < -0.4 is 10.6 Å². The Kier molecular flexibility index (Phi) is 6.76. The van der Waals surface area contributed by atoms with E-state index in [1.807, 2.05) is 54.6 Å². The van der Waals surface area contributed by atoms with Crippen LogP contribution in [-0.4, -0.2) is 46.9 Å². The van der Waals surface area contributed by atoms with Crippen molar-refractivity contribution in [2.45, 2.75) is 12.5 Å². The number of hydrogen-bond donors (Lipinski definition) is 3. The van der Waals surface area contributed by atoms with Crippen LogP contribution in [0.5, 0.6) is 0 Å². The first kappa shape index (κ1) is 20.0. The van der Waals surface area contributed by atoms with Gasteiger partial charge in [0, 0.05) is 30.1 Å². The minimum atomic E-state index is -0.0618. The number of nitrogens with one attached hydrogen (secondary N) is 3. The highest BCUT2D eigenvalue weighted by molar-refractivity contribution is 5.95. The third-order valence-corrected chi connectivity index (χ3v) is 4.40. The molecule has 2 heterocycles. The lowest BCUT2D eigenvalue weighted by Gasteiger charge is -2.23. The van der Waals surface area contributed by atoms with Gasteiger partial charge in [-0.2, -0.15) is 5.10 Å². The van der Waals surface area contributed by atoms with Gasteiger partial charge in [0.1, 0.15) is 0 Å². The molecule has 2 aromatic carbocycles. The number of rotatable bonds is 5. The zero-order chi connectivity index (χ0) is 18.5. The number of hydrogen-bond acceptors (Lipinski definition) is 5. The van der Waals surface area contributed by atoms with Crippen molar-refractivity contribution in [3.05, 3.63) is 54.6 Å². The van der Waals surface area contributed by atoms with Crippen molar-refractivity contribution in [1.29, 1.82) is 0 Å². The average Bonchev–Trinajstić information content (AvgIpc) is 3.20. The molecule has 146 valence electrons. The second-order valence-electron chi connectivity index (χ2n) is 6.40. The van der Waals surface area contributed by atoms with Gasteiger partial charge in [-0.15, -0.1) is 12.4 Å². The molecule has 0 spiro atoms. The summed E-state index contributed by atoms with van der Waals surface area (Å²) in [6, 6.07) is 17.4. The SMILES string of the molecule is Cl.O=C(CC1COCCN1)Nc1ccccc1-c1nc(-c2ccccc2)n[nH]1. The quantitative estimate of drug-likeness (QED) is 0.613. The Bertz CT molecular complexity index is 910. The number of amides is 1. The van der Waals surface area contributed by atoms with E-state index in [0.29, 0.717) is 37.0 Å². The molecule has 28 heavy (non-hydrogen) atoms. The number of H-pyrrole nitrogens is 1. The maximum Gasteiger partial charge on any atom is 0.226 e. The van der Waals surface area contributed by atoms with E-state index in [2.05, 4.69) is 25.8 Å². The van der Waals surface area contributed by atoms with Crippen LogP contribution in [0.3, 0.4) is 0 Å². The summed E-state index contributed by atoms with van der Waals surface area (Å²) in [7, 11) is 0. The number of carbonyl (C=O) groups is 1. The molecule has 7 nitrogen and oxygen atoms in total. The first-order valence-electron chi connectivity index (χ1n) is 8.98. The summed E-state index contributed by atoms with van der Waals surface area (Å²) in [5.74, 6) is 1.17. The number of para-hydroxylation sites is 1. The number of carbonyl (C=O) groups excluding carboxylic acids is 1. The van der Waals surface area contributed by atoms with Crippen molar-refractivity contribution in [3.63, 3.8) is 0 Å². The van der Waals surface area contributed by atoms with Gasteiger partial charge in [-0.05, 0) is 12.1 Å². The first-order chi connectivity index (χ1) is 13.3. The Balaban J connectivity index is 0.00000225. The molecule has 1 aromatic heterocycles. The van der Waals surface area contributed by atoms with Crippen LogP contribution in [0, 0.1) is 0 Å². The maximum atomic E-state index is 12.4. The van der Waals surface area contributed by atoms with E-state index >= 15 is 0 Å². The first-order valence-corrected chi connectivity index (χ1v) is 8.98. The lowest BCUT2D eigenvalue weighted by atomic mass is 10.1. The molecule has 1 unspecified atom stereocenters. The van der Waals surface area contributed by atoms with E-state index in [9.17, 15) is 4.79 Å². The summed E-state index contributed by atoms with van der Waals surface area (Å²) >= 11 is 0. The fourth-order valence-corrected chi connectivity index (χ4v) is 3.07. The van der Waals surface area contributed by atoms with Gasteiger partial charge in [-0.1, -0.05) is 42.5 Å². The average molecular weight is 400 g/mol. The molecule has 0 aliphatic carbocycles. The molecule has 3 N–H and O–H groups in total. The Morgan fingerprint density at radius 3 is 2.71 bits per heavy atom. The number of ether oxygens (including phenoxy) is 1. The smallest absolute Gasteiger partial charge is 0.226 e. The van der Waals surface area contributed by atoms with Crippen LogP contribution in [0.2, 0.25) is 0 Å². The standard InChI is InChI=1S/C20H21N5O2.ClH/c26-18(12-15-13-27-11-10-21-15)22-17-9-5-4-8-16(17)20-23-19(24-25-20)14-6-2-1-3-7-14;/h1-9,15,21H,10-13H2,(H,22,26)(H,23,24,25);1H. The Morgan fingerprint density at radius 1 is 1.14 bits per heavy atom. The molecule has 0 bridgehead atoms. The van der Waals surface area contributed by atoms with Crippen LogP contribution in [0.15, 0.2) is 54.6 Å². The van der Waals surface area contributed by atoms with E-state index in [-0.39, 0.29) is 24.4 Å². The minimum absolute atomic E-state index is 0. The molecule has 1 aliphatic rings. The number of benzene rings is 2. The van der Waals surface area contributed by atoms with Crippen LogP contribution in [0.25, 0.3) is 22.8 Å². The molecular formula is C20H22ClN5O2. The van der Waals surface area contributed by atoms with E-state index in [1.54, 1.807) is 0 Å². The Hall–Kier alpha value is -2.74. The van der Waals surface area contributed by atoms with Crippen molar-refractivity contribution >= 4 is 24.0 Å². The van der Waals surface area contributed by atoms with Gasteiger partial charge in [0.15, 0.2) is 11.6 Å². The normalized spacial score (nSPS) is 16.2. The summed E-state index contributed by atoms with van der Waals surface area (Å²) in [6.45, 7) is 2.02. The monoisotopic (exact) mass is 399 g/mol. The molecular weight excluding hydrogens is 378 g/mol. The van der Waals surface area contributed by atoms with Gasteiger partial charge in [0.2, 0.25) is 5.91 Å². The lowest BCUT2D eigenvalue weighted by molar-refractivity contribution is -0.117. The van der Waals surface area contributed by atoms with E-state index in [4.69, 9.17) is 4.74 Å². The molecule has 0 radical (unpaired) electrons. The highest BCUT2D eigenvalue weighted by Gasteiger charge is 2.18. The van der Waals surface area contributed by atoms with Crippen LogP contribution >= 0.6 is 12.4 Å². The summed E-state index contributed by atoms with van der Waals surface area (Å²) in [5.41, 5.74) is 2.44. The number of aromatic nitrogens is 3.